The number of rotatable bonds is 13. The maximum absolute atomic E-state index is 11.6. The largest absolute Gasteiger partial charge is 0.385 e. The summed E-state index contributed by atoms with van der Waals surface area (Å²) in [4.78, 5) is 53.6. The number of hydrogen-bond acceptors (Lipinski definition) is 10. The normalized spacial score (nSPS) is 15.4. The lowest BCUT2D eigenvalue weighted by molar-refractivity contribution is -0.140. The van der Waals surface area contributed by atoms with Crippen molar-refractivity contribution in [1.29, 1.82) is 0 Å². The average Bonchev–Trinajstić information content (AvgIpc) is 2.98. The Bertz CT molecular complexity index is 597. The van der Waals surface area contributed by atoms with E-state index in [0.717, 1.165) is 58.0 Å². The summed E-state index contributed by atoms with van der Waals surface area (Å²) in [6, 6.07) is -0.668. The number of carbonyl (C=O) groups excluding carboxylic acids is 5. The number of hydrogen-bond donors (Lipinski definition) is 3. The van der Waals surface area contributed by atoms with Crippen molar-refractivity contribution in [2.75, 3.05) is 73.4 Å². The third kappa shape index (κ3) is 30.3. The lowest BCUT2D eigenvalue weighted by Gasteiger charge is -2.23. The molecule has 1 heterocycles. The number of nitrogens with two attached hydrogens (primary N) is 1. The molecule has 1 aliphatic heterocycles. The molecule has 1 atom stereocenters. The van der Waals surface area contributed by atoms with Crippen LogP contribution in [0.15, 0.2) is 0 Å². The number of likely N-dealkylation sites (N-methyl/N-ethyl adjacent to an activating group) is 1. The number of aldehydes is 2. The lowest BCUT2D eigenvalue weighted by Crippen LogP contribution is -2.47. The molecular formula is C28H56N4O8. The van der Waals surface area contributed by atoms with E-state index in [1.165, 1.54) is 32.1 Å². The van der Waals surface area contributed by atoms with E-state index < -0.39 is 17.7 Å². The topological polar surface area (TPSA) is 166 Å². The summed E-state index contributed by atoms with van der Waals surface area (Å²) < 4.78 is 14.9. The summed E-state index contributed by atoms with van der Waals surface area (Å²) in [5, 5.41) is 4.91. The molecule has 0 aromatic rings. The van der Waals surface area contributed by atoms with E-state index in [0.29, 0.717) is 19.4 Å². The number of primary amides is 1. The second kappa shape index (κ2) is 34.8. The van der Waals surface area contributed by atoms with Crippen LogP contribution in [0.3, 0.4) is 0 Å². The molecule has 1 unspecified atom stereocenters. The van der Waals surface area contributed by atoms with Gasteiger partial charge < -0.3 is 40.2 Å². The van der Waals surface area contributed by atoms with Gasteiger partial charge in [0.2, 0.25) is 12.2 Å². The Hall–Kier alpha value is -2.25. The molecule has 0 spiro atoms. The van der Waals surface area contributed by atoms with Crippen LogP contribution in [0.5, 0.6) is 0 Å². The zero-order valence-corrected chi connectivity index (χ0v) is 25.5. The molecule has 40 heavy (non-hydrogen) atoms. The van der Waals surface area contributed by atoms with Crippen molar-refractivity contribution in [3.8, 4) is 0 Å². The van der Waals surface area contributed by atoms with Gasteiger partial charge in [-0.2, -0.15) is 0 Å². The van der Waals surface area contributed by atoms with Crippen molar-refractivity contribution >= 4 is 30.7 Å². The van der Waals surface area contributed by atoms with Crippen molar-refractivity contribution in [3.63, 3.8) is 0 Å². The molecule has 2 fully saturated rings. The van der Waals surface area contributed by atoms with E-state index in [-0.39, 0.29) is 19.6 Å². The Morgan fingerprint density at radius 1 is 1.07 bits per heavy atom. The maximum Gasteiger partial charge on any atom is 0.289 e. The molecule has 0 aromatic carbocycles. The second-order valence-electron chi connectivity index (χ2n) is 9.05. The first-order valence-corrected chi connectivity index (χ1v) is 14.2. The minimum absolute atomic E-state index is 0.155. The molecule has 1 saturated heterocycles. The van der Waals surface area contributed by atoms with Gasteiger partial charge in [-0.15, -0.1) is 0 Å². The van der Waals surface area contributed by atoms with Crippen molar-refractivity contribution < 1.29 is 38.2 Å². The lowest BCUT2D eigenvalue weighted by atomic mass is 9.91. The van der Waals surface area contributed by atoms with Crippen LogP contribution in [0.4, 0.5) is 0 Å². The minimum atomic E-state index is -0.768. The van der Waals surface area contributed by atoms with Crippen LogP contribution < -0.4 is 16.4 Å². The molecule has 2 aliphatic rings. The van der Waals surface area contributed by atoms with Gasteiger partial charge in [0.15, 0.2) is 0 Å². The zero-order valence-electron chi connectivity index (χ0n) is 25.5. The van der Waals surface area contributed by atoms with Crippen LogP contribution in [-0.2, 0) is 38.2 Å². The van der Waals surface area contributed by atoms with Crippen LogP contribution in [0.25, 0.3) is 0 Å². The highest BCUT2D eigenvalue weighted by molar-refractivity contribution is 6.38. The van der Waals surface area contributed by atoms with E-state index >= 15 is 0 Å². The predicted octanol–water partition coefficient (Wildman–Crippen LogP) is 1.13. The number of amides is 2. The number of carbonyl (C=O) groups is 5. The van der Waals surface area contributed by atoms with Gasteiger partial charge in [0, 0.05) is 33.4 Å². The van der Waals surface area contributed by atoms with Gasteiger partial charge in [0.25, 0.3) is 5.91 Å². The van der Waals surface area contributed by atoms with E-state index in [1.54, 1.807) is 14.2 Å². The molecule has 4 N–H and O–H groups in total. The molecule has 2 rings (SSSR count). The molecule has 0 bridgehead atoms. The van der Waals surface area contributed by atoms with Crippen molar-refractivity contribution in [3.05, 3.63) is 0 Å². The van der Waals surface area contributed by atoms with E-state index in [2.05, 4.69) is 32.9 Å². The molecule has 1 saturated carbocycles. The fourth-order valence-electron chi connectivity index (χ4n) is 3.31. The second-order valence-corrected chi connectivity index (χ2v) is 9.05. The Morgan fingerprint density at radius 2 is 1.65 bits per heavy atom. The Balaban J connectivity index is -0.000000494. The highest BCUT2D eigenvalue weighted by Gasteiger charge is 2.23. The average molecular weight is 577 g/mol. The third-order valence-corrected chi connectivity index (χ3v) is 5.78. The van der Waals surface area contributed by atoms with Crippen LogP contribution in [0, 0.1) is 5.92 Å². The highest BCUT2D eigenvalue weighted by atomic mass is 16.5. The maximum atomic E-state index is 11.6. The van der Waals surface area contributed by atoms with Gasteiger partial charge in [-0.1, -0.05) is 52.4 Å². The number of Topliss-reactive ketones (excluding diaryl/α,β-unsaturated/α-hetero) is 1. The Morgan fingerprint density at radius 3 is 2.05 bits per heavy atom. The summed E-state index contributed by atoms with van der Waals surface area (Å²) in [6.07, 6.45) is 11.1. The van der Waals surface area contributed by atoms with Crippen molar-refractivity contribution in [2.45, 2.75) is 71.8 Å². The van der Waals surface area contributed by atoms with Crippen molar-refractivity contribution in [1.82, 2.24) is 15.5 Å². The number of ether oxygens (including phenoxy) is 3. The van der Waals surface area contributed by atoms with Crippen LogP contribution >= 0.6 is 0 Å². The number of methoxy groups -OCH3 is 1. The van der Waals surface area contributed by atoms with Crippen LogP contribution in [-0.4, -0.2) is 115 Å². The standard InChI is InChI=1S/C11H20N2O4.C7H14.C6H11NO2.C3H8O.CH3NO/c1-3-4-7-17-8-9(12-2)10(15)11(16)13-5-6-14;1-7-5-3-2-4-6-7;8-4-1-7-2-5-9-6-3-7;1-3-4-2;2-1-3/h6,9,12H,3-5,7-8H2,1-2H3,(H,13,16);7H,2-6H2,1H3;4H,1-3,5-6H2;3H2,1-2H3;1H,(H2,2,3). The third-order valence-electron chi connectivity index (χ3n) is 5.78. The monoisotopic (exact) mass is 576 g/mol. The number of ketones is 1. The first-order chi connectivity index (χ1) is 19.3. The summed E-state index contributed by atoms with van der Waals surface area (Å²) in [5.74, 6) is -0.352. The van der Waals surface area contributed by atoms with Gasteiger partial charge in [-0.3, -0.25) is 19.3 Å². The molecule has 236 valence electrons. The van der Waals surface area contributed by atoms with Gasteiger partial charge >= 0.3 is 0 Å². The smallest absolute Gasteiger partial charge is 0.289 e. The SMILES string of the molecule is CC1CCCCC1.CCCCOCC(NC)C(=O)C(=O)NCC=O.CCOC.NC=O.O=CCN1CCOCC1. The molecule has 0 aromatic heterocycles. The first kappa shape index (κ1) is 42.2. The molecular weight excluding hydrogens is 520 g/mol. The van der Waals surface area contributed by atoms with Gasteiger partial charge in [0.1, 0.15) is 12.6 Å². The van der Waals surface area contributed by atoms with E-state index in [9.17, 15) is 19.2 Å². The summed E-state index contributed by atoms with van der Waals surface area (Å²) in [6.45, 7) is 11.7. The number of unbranched alkanes of at least 4 members (excludes halogenated alkanes) is 1. The zero-order chi connectivity index (χ0) is 30.9. The molecule has 12 nitrogen and oxygen atoms in total. The number of nitrogens with zero attached hydrogens (tertiary/aromatic N) is 1. The fourth-order valence-corrected chi connectivity index (χ4v) is 3.31. The Kier molecular flexibility index (Phi) is 36.7. The number of morpholine rings is 1. The minimum Gasteiger partial charge on any atom is -0.385 e. The van der Waals surface area contributed by atoms with Gasteiger partial charge in [0.05, 0.1) is 39.0 Å². The van der Waals surface area contributed by atoms with Gasteiger partial charge in [-0.05, 0) is 26.3 Å². The Labute approximate surface area is 241 Å². The molecule has 0 radical (unpaired) electrons. The fraction of sp³-hybridized carbons (Fsp3) is 0.821. The molecule has 12 heteroatoms. The summed E-state index contributed by atoms with van der Waals surface area (Å²) >= 11 is 0. The number of nitrogens with one attached hydrogen (secondary N) is 2. The van der Waals surface area contributed by atoms with Gasteiger partial charge in [-0.25, -0.2) is 0 Å². The van der Waals surface area contributed by atoms with Crippen LogP contribution in [0.2, 0.25) is 0 Å². The predicted molar refractivity (Wildman–Crippen MR) is 156 cm³/mol. The summed E-state index contributed by atoms with van der Waals surface area (Å²) in [5.41, 5.74) is 4.17. The van der Waals surface area contributed by atoms with Crippen molar-refractivity contribution in [2.24, 2.45) is 11.7 Å². The van der Waals surface area contributed by atoms with E-state index in [4.69, 9.17) is 14.3 Å². The van der Waals surface area contributed by atoms with E-state index in [1.807, 2.05) is 13.8 Å². The summed E-state index contributed by atoms with van der Waals surface area (Å²) in [7, 11) is 3.26. The first-order valence-electron chi connectivity index (χ1n) is 14.2. The van der Waals surface area contributed by atoms with Crippen LogP contribution in [0.1, 0.15) is 65.7 Å². The molecule has 2 amide bonds. The quantitative estimate of drug-likeness (QED) is 0.164. The highest BCUT2D eigenvalue weighted by Crippen LogP contribution is 2.22. The molecule has 1 aliphatic carbocycles.